The van der Waals surface area contributed by atoms with Crippen LogP contribution in [-0.4, -0.2) is 17.1 Å². The summed E-state index contributed by atoms with van der Waals surface area (Å²) >= 11 is 5.29. The van der Waals surface area contributed by atoms with Gasteiger partial charge in [-0.1, -0.05) is 0 Å². The number of hydrogen-bond donors (Lipinski definition) is 1. The molecule has 0 saturated heterocycles. The van der Waals surface area contributed by atoms with E-state index in [1.165, 1.54) is 0 Å². The van der Waals surface area contributed by atoms with Gasteiger partial charge in [0.15, 0.2) is 0 Å². The second kappa shape index (κ2) is 5.01. The first kappa shape index (κ1) is 13.3. The van der Waals surface area contributed by atoms with Crippen molar-refractivity contribution in [1.29, 1.82) is 0 Å². The van der Waals surface area contributed by atoms with Crippen LogP contribution in [0.3, 0.4) is 0 Å². The minimum absolute atomic E-state index is 0.157. The molecule has 1 nitrogen and oxygen atoms in total. The van der Waals surface area contributed by atoms with E-state index in [2.05, 4.69) is 0 Å². The summed E-state index contributed by atoms with van der Waals surface area (Å²) in [5.41, 5.74) is -1.13. The highest BCUT2D eigenvalue weighted by Gasteiger charge is 2.31. The van der Waals surface area contributed by atoms with Crippen LogP contribution < -0.4 is 0 Å². The van der Waals surface area contributed by atoms with Gasteiger partial charge < -0.3 is 5.11 Å². The Bertz CT molecular complexity index is 364. The molecule has 6 heteroatoms. The maximum atomic E-state index is 13.1. The molecule has 1 N–H and O–H groups in total. The van der Waals surface area contributed by atoms with Crippen LogP contribution in [0.1, 0.15) is 11.1 Å². The molecule has 1 aromatic carbocycles. The summed E-state index contributed by atoms with van der Waals surface area (Å²) in [4.78, 5) is 0. The standard InChI is InChI=1S/C10H9ClF4O/c11-5-8(16)4-6-3-7(10(13,14)15)1-2-9(6)12/h1-3,8,16H,4-5H2. The van der Waals surface area contributed by atoms with Crippen molar-refractivity contribution in [2.24, 2.45) is 0 Å². The molecule has 0 aromatic heterocycles. The first-order valence-corrected chi connectivity index (χ1v) is 4.97. The van der Waals surface area contributed by atoms with E-state index in [0.717, 1.165) is 6.07 Å². The van der Waals surface area contributed by atoms with Crippen molar-refractivity contribution in [1.82, 2.24) is 0 Å². The van der Waals surface area contributed by atoms with Gasteiger partial charge >= 0.3 is 6.18 Å². The number of rotatable bonds is 3. The molecule has 0 aliphatic carbocycles. The van der Waals surface area contributed by atoms with Gasteiger partial charge in [0.1, 0.15) is 5.82 Å². The summed E-state index contributed by atoms with van der Waals surface area (Å²) in [6.07, 6.45) is -5.81. The fourth-order valence-electron chi connectivity index (χ4n) is 1.22. The number of benzene rings is 1. The number of halogens is 5. The number of hydrogen-bond acceptors (Lipinski definition) is 1. The highest BCUT2D eigenvalue weighted by atomic mass is 35.5. The van der Waals surface area contributed by atoms with Crippen LogP contribution in [0, 0.1) is 5.82 Å². The molecule has 0 heterocycles. The Kier molecular flexibility index (Phi) is 4.15. The minimum Gasteiger partial charge on any atom is -0.392 e. The van der Waals surface area contributed by atoms with Gasteiger partial charge in [-0.25, -0.2) is 4.39 Å². The third-order valence-electron chi connectivity index (χ3n) is 2.01. The SMILES string of the molecule is OC(CCl)Cc1cc(C(F)(F)F)ccc1F. The first-order chi connectivity index (χ1) is 7.34. The Morgan fingerprint density at radius 3 is 2.44 bits per heavy atom. The van der Waals surface area contributed by atoms with Gasteiger partial charge in [-0.05, 0) is 23.8 Å². The van der Waals surface area contributed by atoms with Crippen LogP contribution in [0.25, 0.3) is 0 Å². The molecule has 1 unspecified atom stereocenters. The maximum absolute atomic E-state index is 13.1. The van der Waals surface area contributed by atoms with E-state index < -0.39 is 23.7 Å². The smallest absolute Gasteiger partial charge is 0.392 e. The number of alkyl halides is 4. The molecule has 1 aromatic rings. The summed E-state index contributed by atoms with van der Waals surface area (Å²) in [5.74, 6) is -0.937. The molecule has 90 valence electrons. The average molecular weight is 257 g/mol. The highest BCUT2D eigenvalue weighted by Crippen LogP contribution is 2.30. The fourth-order valence-corrected chi connectivity index (χ4v) is 1.33. The Hall–Kier alpha value is -0.810. The topological polar surface area (TPSA) is 20.2 Å². The van der Waals surface area contributed by atoms with Crippen LogP contribution in [0.4, 0.5) is 17.6 Å². The maximum Gasteiger partial charge on any atom is 0.416 e. The average Bonchev–Trinajstić information content (AvgIpc) is 2.19. The zero-order valence-corrected chi connectivity index (χ0v) is 8.82. The quantitative estimate of drug-likeness (QED) is 0.651. The van der Waals surface area contributed by atoms with Crippen LogP contribution in [0.15, 0.2) is 18.2 Å². The zero-order valence-electron chi connectivity index (χ0n) is 8.06. The lowest BCUT2D eigenvalue weighted by molar-refractivity contribution is -0.137. The lowest BCUT2D eigenvalue weighted by Crippen LogP contribution is -2.14. The van der Waals surface area contributed by atoms with E-state index in [-0.39, 0.29) is 17.9 Å². The summed E-state index contributed by atoms with van der Waals surface area (Å²) in [5, 5.41) is 9.15. The van der Waals surface area contributed by atoms with Crippen LogP contribution >= 0.6 is 11.6 Å². The van der Waals surface area contributed by atoms with Crippen molar-refractivity contribution in [3.8, 4) is 0 Å². The summed E-state index contributed by atoms with van der Waals surface area (Å²) in [6, 6.07) is 2.08. The molecule has 16 heavy (non-hydrogen) atoms. The molecule has 0 spiro atoms. The third kappa shape index (κ3) is 3.35. The molecule has 0 fully saturated rings. The van der Waals surface area contributed by atoms with Crippen LogP contribution in [0.5, 0.6) is 0 Å². The van der Waals surface area contributed by atoms with Gasteiger partial charge in [0.25, 0.3) is 0 Å². The summed E-state index contributed by atoms with van der Waals surface area (Å²) < 4.78 is 50.1. The molecule has 0 amide bonds. The molecular weight excluding hydrogens is 248 g/mol. The molecule has 0 aliphatic heterocycles. The molecule has 0 radical (unpaired) electrons. The summed E-state index contributed by atoms with van der Waals surface area (Å²) in [6.45, 7) is 0. The largest absolute Gasteiger partial charge is 0.416 e. The Morgan fingerprint density at radius 2 is 1.94 bits per heavy atom. The van der Waals surface area contributed by atoms with E-state index in [1.807, 2.05) is 0 Å². The normalized spacial score (nSPS) is 13.9. The number of aliphatic hydroxyl groups is 1. The molecule has 0 saturated carbocycles. The number of aliphatic hydroxyl groups excluding tert-OH is 1. The zero-order chi connectivity index (χ0) is 12.3. The van der Waals surface area contributed by atoms with Crippen molar-refractivity contribution < 1.29 is 22.7 Å². The van der Waals surface area contributed by atoms with Gasteiger partial charge in [0.2, 0.25) is 0 Å². The van der Waals surface area contributed by atoms with Crippen molar-refractivity contribution in [3.63, 3.8) is 0 Å². The second-order valence-electron chi connectivity index (χ2n) is 3.32. The van der Waals surface area contributed by atoms with E-state index in [4.69, 9.17) is 16.7 Å². The van der Waals surface area contributed by atoms with E-state index in [9.17, 15) is 17.6 Å². The first-order valence-electron chi connectivity index (χ1n) is 4.44. The van der Waals surface area contributed by atoms with E-state index in [1.54, 1.807) is 0 Å². The van der Waals surface area contributed by atoms with Gasteiger partial charge in [0, 0.05) is 12.3 Å². The molecule has 1 atom stereocenters. The van der Waals surface area contributed by atoms with Crippen molar-refractivity contribution in [2.45, 2.75) is 18.7 Å². The Morgan fingerprint density at radius 1 is 1.31 bits per heavy atom. The highest BCUT2D eigenvalue weighted by molar-refractivity contribution is 6.18. The third-order valence-corrected chi connectivity index (χ3v) is 2.36. The van der Waals surface area contributed by atoms with Crippen molar-refractivity contribution >= 4 is 11.6 Å². The van der Waals surface area contributed by atoms with Gasteiger partial charge in [-0.2, -0.15) is 13.2 Å². The second-order valence-corrected chi connectivity index (χ2v) is 3.62. The lowest BCUT2D eigenvalue weighted by Gasteiger charge is -2.11. The minimum atomic E-state index is -4.52. The molecular formula is C10H9ClF4O. The monoisotopic (exact) mass is 256 g/mol. The molecule has 0 bridgehead atoms. The van der Waals surface area contributed by atoms with Gasteiger partial charge in [-0.3, -0.25) is 0 Å². The Balaban J connectivity index is 3.00. The van der Waals surface area contributed by atoms with E-state index in [0.29, 0.717) is 12.1 Å². The molecule has 1 rings (SSSR count). The van der Waals surface area contributed by atoms with Crippen LogP contribution in [-0.2, 0) is 12.6 Å². The lowest BCUT2D eigenvalue weighted by atomic mass is 10.0. The van der Waals surface area contributed by atoms with Crippen molar-refractivity contribution in [2.75, 3.05) is 5.88 Å². The van der Waals surface area contributed by atoms with Gasteiger partial charge in [-0.15, -0.1) is 11.6 Å². The predicted molar refractivity (Wildman–Crippen MR) is 51.8 cm³/mol. The van der Waals surface area contributed by atoms with E-state index >= 15 is 0 Å². The van der Waals surface area contributed by atoms with Crippen LogP contribution in [0.2, 0.25) is 0 Å². The Labute approximate surface area is 94.7 Å². The van der Waals surface area contributed by atoms with Crippen molar-refractivity contribution in [3.05, 3.63) is 35.1 Å². The van der Waals surface area contributed by atoms with Gasteiger partial charge in [0.05, 0.1) is 11.7 Å². The predicted octanol–water partition coefficient (Wildman–Crippen LogP) is 2.99. The molecule has 0 aliphatic rings. The fraction of sp³-hybridized carbons (Fsp3) is 0.400. The summed E-state index contributed by atoms with van der Waals surface area (Å²) in [7, 11) is 0.